The summed E-state index contributed by atoms with van der Waals surface area (Å²) in [6, 6.07) is 0. The summed E-state index contributed by atoms with van der Waals surface area (Å²) in [4.78, 5) is 0. The Morgan fingerprint density at radius 3 is 2.25 bits per heavy atom. The Labute approximate surface area is 101 Å². The maximum absolute atomic E-state index is 5.31. The van der Waals surface area contributed by atoms with Crippen molar-refractivity contribution in [3.63, 3.8) is 0 Å². The third-order valence-corrected chi connectivity index (χ3v) is 1.81. The first-order valence-corrected chi connectivity index (χ1v) is 5.99. The molecule has 16 heavy (non-hydrogen) atoms. The van der Waals surface area contributed by atoms with Gasteiger partial charge in [-0.15, -0.1) is 0 Å². The van der Waals surface area contributed by atoms with E-state index in [0.717, 1.165) is 18.6 Å². The maximum atomic E-state index is 5.31. The lowest BCUT2D eigenvalue weighted by atomic mass is 10.1. The first kappa shape index (κ1) is 17.2. The van der Waals surface area contributed by atoms with Gasteiger partial charge in [-0.3, -0.25) is 0 Å². The Hall–Kier alpha value is -1.24. The molecule has 0 radical (unpaired) electrons. The fourth-order valence-electron chi connectivity index (χ4n) is 1.22. The topological polar surface area (TPSA) is 9.23 Å². The molecule has 0 aliphatic heterocycles. The fourth-order valence-corrected chi connectivity index (χ4v) is 1.22. The molecule has 0 aliphatic rings. The Balaban J connectivity index is 0. The average molecular weight is 222 g/mol. The monoisotopic (exact) mass is 222 g/mol. The van der Waals surface area contributed by atoms with Crippen LogP contribution in [0.25, 0.3) is 0 Å². The van der Waals surface area contributed by atoms with E-state index in [1.165, 1.54) is 5.57 Å². The molecule has 0 N–H and O–H groups in total. The molecule has 1 heteroatoms. The molecule has 92 valence electrons. The number of rotatable bonds is 6. The molecule has 1 nitrogen and oxygen atoms in total. The van der Waals surface area contributed by atoms with Crippen LogP contribution >= 0.6 is 0 Å². The van der Waals surface area contributed by atoms with Crippen molar-refractivity contribution >= 4 is 0 Å². The number of ether oxygens (including phenoxy) is 1. The van der Waals surface area contributed by atoms with E-state index in [4.69, 9.17) is 4.74 Å². The summed E-state index contributed by atoms with van der Waals surface area (Å²) < 4.78 is 5.31. The molecular formula is C15H26O. The van der Waals surface area contributed by atoms with Crippen LogP contribution < -0.4 is 0 Å². The zero-order valence-corrected chi connectivity index (χ0v) is 11.4. The van der Waals surface area contributed by atoms with Crippen LogP contribution in [0.2, 0.25) is 0 Å². The van der Waals surface area contributed by atoms with Gasteiger partial charge in [-0.25, -0.2) is 0 Å². The van der Waals surface area contributed by atoms with Crippen LogP contribution in [0.3, 0.4) is 0 Å². The quantitative estimate of drug-likeness (QED) is 0.452. The first-order chi connectivity index (χ1) is 7.79. The largest absolute Gasteiger partial charge is 0.496 e. The predicted octanol–water partition coefficient (Wildman–Crippen LogP) is 5.03. The van der Waals surface area contributed by atoms with Crippen LogP contribution in [0.4, 0.5) is 0 Å². The van der Waals surface area contributed by atoms with E-state index >= 15 is 0 Å². The van der Waals surface area contributed by atoms with Crippen molar-refractivity contribution in [2.45, 2.75) is 40.5 Å². The Kier molecular flexibility index (Phi) is 14.8. The highest BCUT2D eigenvalue weighted by atomic mass is 16.5. The lowest BCUT2D eigenvalue weighted by Gasteiger charge is -2.06. The molecule has 0 atom stereocenters. The van der Waals surface area contributed by atoms with Crippen molar-refractivity contribution in [1.82, 2.24) is 0 Å². The molecule has 0 rings (SSSR count). The molecule has 0 aliphatic carbocycles. The van der Waals surface area contributed by atoms with Gasteiger partial charge in [0.2, 0.25) is 0 Å². The highest BCUT2D eigenvalue weighted by molar-refractivity contribution is 5.30. The Bertz CT molecular complexity index is 244. The molecule has 0 fully saturated rings. The molecule has 0 saturated heterocycles. The zero-order valence-electron chi connectivity index (χ0n) is 11.4. The standard InChI is InChI=1S/C13H20O.C2H6/c1-5-8-11-13(14-4)12(9-6-2)10-7-3;1-2/h5-6,8-9,11H,1,7,10H2,2-4H3;1-2H3/b9-6+,11-8+,13-12+;. The van der Waals surface area contributed by atoms with Crippen molar-refractivity contribution in [2.24, 2.45) is 0 Å². The SMILES string of the molecule is C=C/C=C/C(OC)=C(/C=C/C)CCC.CC. The van der Waals surface area contributed by atoms with Crippen LogP contribution in [-0.4, -0.2) is 7.11 Å². The minimum atomic E-state index is 0.921. The van der Waals surface area contributed by atoms with Crippen LogP contribution in [0.5, 0.6) is 0 Å². The zero-order chi connectivity index (χ0) is 12.8. The molecule has 0 aromatic heterocycles. The molecule has 0 aromatic rings. The van der Waals surface area contributed by atoms with Crippen molar-refractivity contribution in [3.05, 3.63) is 48.3 Å². The van der Waals surface area contributed by atoms with Crippen LogP contribution in [0.1, 0.15) is 40.5 Å². The molecule has 0 bridgehead atoms. The average Bonchev–Trinajstić information content (AvgIpc) is 2.33. The molecular weight excluding hydrogens is 196 g/mol. The molecule has 0 unspecified atom stereocenters. The van der Waals surface area contributed by atoms with Gasteiger partial charge in [-0.1, -0.05) is 58.1 Å². The second-order valence-electron chi connectivity index (χ2n) is 2.94. The second kappa shape index (κ2) is 13.8. The number of hydrogen-bond donors (Lipinski definition) is 0. The minimum Gasteiger partial charge on any atom is -0.496 e. The number of hydrogen-bond acceptors (Lipinski definition) is 1. The van der Waals surface area contributed by atoms with E-state index in [2.05, 4.69) is 19.6 Å². The van der Waals surface area contributed by atoms with Crippen molar-refractivity contribution in [1.29, 1.82) is 0 Å². The summed E-state index contributed by atoms with van der Waals surface area (Å²) in [6.07, 6.45) is 11.9. The van der Waals surface area contributed by atoms with E-state index < -0.39 is 0 Å². The summed E-state index contributed by atoms with van der Waals surface area (Å²) in [5.74, 6) is 0.921. The second-order valence-corrected chi connectivity index (χ2v) is 2.94. The van der Waals surface area contributed by atoms with Gasteiger partial charge in [0.15, 0.2) is 0 Å². The van der Waals surface area contributed by atoms with Gasteiger partial charge in [-0.05, 0) is 25.0 Å². The number of allylic oxidation sites excluding steroid dienone is 6. The third-order valence-electron chi connectivity index (χ3n) is 1.81. The van der Waals surface area contributed by atoms with E-state index in [-0.39, 0.29) is 0 Å². The van der Waals surface area contributed by atoms with Gasteiger partial charge >= 0.3 is 0 Å². The van der Waals surface area contributed by atoms with E-state index in [0.29, 0.717) is 0 Å². The summed E-state index contributed by atoms with van der Waals surface area (Å²) >= 11 is 0. The van der Waals surface area contributed by atoms with Gasteiger partial charge in [0.1, 0.15) is 5.76 Å². The number of methoxy groups -OCH3 is 1. The summed E-state index contributed by atoms with van der Waals surface area (Å²) in [6.45, 7) is 11.8. The van der Waals surface area contributed by atoms with Crippen molar-refractivity contribution in [3.8, 4) is 0 Å². The third kappa shape index (κ3) is 8.10. The van der Waals surface area contributed by atoms with Crippen LogP contribution in [0, 0.1) is 0 Å². The smallest absolute Gasteiger partial charge is 0.122 e. The molecule has 0 saturated carbocycles. The Morgan fingerprint density at radius 1 is 1.25 bits per heavy atom. The van der Waals surface area contributed by atoms with Gasteiger partial charge in [0.05, 0.1) is 7.11 Å². The summed E-state index contributed by atoms with van der Waals surface area (Å²) in [5.41, 5.74) is 1.23. The van der Waals surface area contributed by atoms with E-state index in [9.17, 15) is 0 Å². The normalized spacial score (nSPS) is 12.1. The molecule has 0 spiro atoms. The molecule has 0 heterocycles. The summed E-state index contributed by atoms with van der Waals surface area (Å²) in [5, 5.41) is 0. The van der Waals surface area contributed by atoms with Gasteiger partial charge in [0, 0.05) is 0 Å². The lowest BCUT2D eigenvalue weighted by Crippen LogP contribution is -1.90. The highest BCUT2D eigenvalue weighted by Crippen LogP contribution is 2.14. The van der Waals surface area contributed by atoms with E-state index in [1.807, 2.05) is 39.0 Å². The predicted molar refractivity (Wildman–Crippen MR) is 74.4 cm³/mol. The summed E-state index contributed by atoms with van der Waals surface area (Å²) in [7, 11) is 1.70. The van der Waals surface area contributed by atoms with Crippen LogP contribution in [-0.2, 0) is 4.74 Å². The lowest BCUT2D eigenvalue weighted by molar-refractivity contribution is 0.302. The molecule has 0 aromatic carbocycles. The van der Waals surface area contributed by atoms with Gasteiger partial charge < -0.3 is 4.74 Å². The van der Waals surface area contributed by atoms with Gasteiger partial charge in [-0.2, -0.15) is 0 Å². The van der Waals surface area contributed by atoms with E-state index in [1.54, 1.807) is 13.2 Å². The Morgan fingerprint density at radius 2 is 1.88 bits per heavy atom. The molecule has 0 amide bonds. The minimum absolute atomic E-state index is 0.921. The maximum Gasteiger partial charge on any atom is 0.122 e. The highest BCUT2D eigenvalue weighted by Gasteiger charge is 1.99. The first-order valence-electron chi connectivity index (χ1n) is 5.99. The van der Waals surface area contributed by atoms with Gasteiger partial charge in [0.25, 0.3) is 0 Å². The van der Waals surface area contributed by atoms with Crippen molar-refractivity contribution < 1.29 is 4.74 Å². The van der Waals surface area contributed by atoms with Crippen LogP contribution in [0.15, 0.2) is 48.3 Å². The van der Waals surface area contributed by atoms with Crippen molar-refractivity contribution in [2.75, 3.05) is 7.11 Å². The fraction of sp³-hybridized carbons (Fsp3) is 0.467.